The first-order valence-electron chi connectivity index (χ1n) is 2.92. The van der Waals surface area contributed by atoms with E-state index < -0.39 is 0 Å². The zero-order valence-electron chi connectivity index (χ0n) is 4.91. The number of hydrogen-bond donors (Lipinski definition) is 0. The Hall–Kier alpha value is -1.12. The zero-order chi connectivity index (χ0) is 6.10. The molecule has 0 atom stereocenters. The highest BCUT2D eigenvalue weighted by molar-refractivity contribution is 6.54. The number of fused-ring (bicyclic) bond motifs is 1. The Bertz CT molecular complexity index is 257. The Morgan fingerprint density at radius 1 is 1.22 bits per heavy atom. The van der Waals surface area contributed by atoms with Crippen molar-refractivity contribution in [1.82, 2.24) is 0 Å². The summed E-state index contributed by atoms with van der Waals surface area (Å²) in [5, 5.41) is 7.80. The van der Waals surface area contributed by atoms with Gasteiger partial charge in [0.1, 0.15) is 0 Å². The van der Waals surface area contributed by atoms with Crippen molar-refractivity contribution < 1.29 is 0 Å². The normalized spacial score (nSPS) is 12.9. The molecule has 1 heterocycles. The summed E-state index contributed by atoms with van der Waals surface area (Å²) in [6, 6.07) is 8.01. The molecule has 1 aliphatic rings. The zero-order valence-corrected chi connectivity index (χ0v) is 4.91. The topological polar surface area (TPSA) is 24.7 Å². The van der Waals surface area contributed by atoms with E-state index in [0.29, 0.717) is 0 Å². The van der Waals surface area contributed by atoms with Crippen molar-refractivity contribution in [3.8, 4) is 0 Å². The second-order valence-corrected chi connectivity index (χ2v) is 2.03. The molecule has 0 N–H and O–H groups in total. The fourth-order valence-corrected chi connectivity index (χ4v) is 0.930. The Morgan fingerprint density at radius 3 is 3.00 bits per heavy atom. The summed E-state index contributed by atoms with van der Waals surface area (Å²) >= 11 is 0. The molecule has 2 nitrogen and oxygen atoms in total. The van der Waals surface area contributed by atoms with Crippen LogP contribution >= 0.6 is 0 Å². The van der Waals surface area contributed by atoms with Gasteiger partial charge in [0, 0.05) is 0 Å². The lowest BCUT2D eigenvalue weighted by Gasteiger charge is -1.88. The van der Waals surface area contributed by atoms with Crippen molar-refractivity contribution in [2.75, 3.05) is 0 Å². The first-order valence-corrected chi connectivity index (χ1v) is 2.92. The third-order valence-electron chi connectivity index (χ3n) is 1.41. The minimum Gasteiger partial charge on any atom is -0.252 e. The van der Waals surface area contributed by atoms with Crippen molar-refractivity contribution in [3.05, 3.63) is 24.3 Å². The number of hydrogen-bond acceptors (Lipinski definition) is 2. The van der Waals surface area contributed by atoms with Crippen LogP contribution in [0.3, 0.4) is 0 Å². The van der Waals surface area contributed by atoms with Gasteiger partial charge in [0.25, 0.3) is 0 Å². The molecule has 1 aliphatic heterocycles. The van der Waals surface area contributed by atoms with Crippen molar-refractivity contribution in [2.45, 2.75) is 0 Å². The molecule has 0 aliphatic carbocycles. The van der Waals surface area contributed by atoms with Crippen LogP contribution in [0.2, 0.25) is 0 Å². The van der Waals surface area contributed by atoms with E-state index in [1.54, 1.807) is 0 Å². The largest absolute Gasteiger partial charge is 0.326 e. The summed E-state index contributed by atoms with van der Waals surface area (Å²) < 4.78 is 0. The van der Waals surface area contributed by atoms with Crippen molar-refractivity contribution >= 4 is 18.6 Å². The predicted molar refractivity (Wildman–Crippen MR) is 37.7 cm³/mol. The van der Waals surface area contributed by atoms with Gasteiger partial charge in [-0.3, -0.25) is 5.03 Å². The van der Waals surface area contributed by atoms with Crippen LogP contribution in [0.1, 0.15) is 0 Å². The Balaban J connectivity index is 2.63. The highest BCUT2D eigenvalue weighted by Gasteiger charge is 2.06. The standard InChI is InChI=1S/C6H5BN2/c1-2-4-6-5(3-1)7-9-8-6/h1-4,7H. The molecular weight excluding hydrogens is 111 g/mol. The summed E-state index contributed by atoms with van der Waals surface area (Å²) in [5.74, 6) is 0. The van der Waals surface area contributed by atoms with E-state index in [0.717, 1.165) is 13.1 Å². The van der Waals surface area contributed by atoms with Crippen LogP contribution in [0, 0.1) is 0 Å². The summed E-state index contributed by atoms with van der Waals surface area (Å²) in [4.78, 5) is 0. The monoisotopic (exact) mass is 116 g/mol. The van der Waals surface area contributed by atoms with Crippen molar-refractivity contribution in [3.63, 3.8) is 0 Å². The van der Waals surface area contributed by atoms with Gasteiger partial charge in [0.2, 0.25) is 0 Å². The van der Waals surface area contributed by atoms with Gasteiger partial charge in [0.15, 0.2) is 0 Å². The van der Waals surface area contributed by atoms with Gasteiger partial charge in [-0.25, -0.2) is 0 Å². The summed E-state index contributed by atoms with van der Waals surface area (Å²) in [5.41, 5.74) is 2.26. The van der Waals surface area contributed by atoms with Crippen LogP contribution in [0.15, 0.2) is 34.4 Å². The molecule has 42 valence electrons. The molecule has 0 fully saturated rings. The van der Waals surface area contributed by atoms with Gasteiger partial charge in [-0.2, -0.15) is 5.11 Å². The summed E-state index contributed by atoms with van der Waals surface area (Å²) in [6.45, 7) is 0. The second-order valence-electron chi connectivity index (χ2n) is 2.03. The van der Waals surface area contributed by atoms with E-state index >= 15 is 0 Å². The van der Waals surface area contributed by atoms with Gasteiger partial charge in [-0.1, -0.05) is 18.2 Å². The molecule has 0 amide bonds. The van der Waals surface area contributed by atoms with Gasteiger partial charge >= 0.3 is 7.41 Å². The third kappa shape index (κ3) is 0.651. The maximum absolute atomic E-state index is 3.92. The van der Waals surface area contributed by atoms with E-state index in [1.165, 1.54) is 5.46 Å². The highest BCUT2D eigenvalue weighted by atomic mass is 15.1. The molecule has 0 unspecified atom stereocenters. The quantitative estimate of drug-likeness (QED) is 0.447. The molecule has 0 radical (unpaired) electrons. The van der Waals surface area contributed by atoms with Gasteiger partial charge in [-0.15, -0.1) is 0 Å². The predicted octanol–water partition coefficient (Wildman–Crippen LogP) is 0.761. The van der Waals surface area contributed by atoms with Crippen LogP contribution in [0.4, 0.5) is 5.69 Å². The smallest absolute Gasteiger partial charge is 0.252 e. The van der Waals surface area contributed by atoms with E-state index in [-0.39, 0.29) is 0 Å². The van der Waals surface area contributed by atoms with Gasteiger partial charge < -0.3 is 0 Å². The lowest BCUT2D eigenvalue weighted by Crippen LogP contribution is -2.06. The molecule has 0 bridgehead atoms. The minimum absolute atomic E-state index is 0.760. The molecule has 9 heavy (non-hydrogen) atoms. The first kappa shape index (κ1) is 4.73. The van der Waals surface area contributed by atoms with Crippen LogP contribution in [-0.4, -0.2) is 7.41 Å². The Labute approximate surface area is 53.9 Å². The molecule has 0 saturated carbocycles. The molecular formula is C6H5BN2. The van der Waals surface area contributed by atoms with Crippen LogP contribution in [0.25, 0.3) is 0 Å². The van der Waals surface area contributed by atoms with Crippen molar-refractivity contribution in [1.29, 1.82) is 0 Å². The van der Waals surface area contributed by atoms with E-state index in [4.69, 9.17) is 0 Å². The summed E-state index contributed by atoms with van der Waals surface area (Å²) in [7, 11) is 0.760. The fraction of sp³-hybridized carbons (Fsp3) is 0. The second kappa shape index (κ2) is 1.69. The number of rotatable bonds is 0. The maximum atomic E-state index is 3.92. The van der Waals surface area contributed by atoms with Crippen molar-refractivity contribution in [2.24, 2.45) is 10.1 Å². The SMILES string of the molecule is B1N=Nc2ccccc21. The molecule has 1 aromatic rings. The third-order valence-corrected chi connectivity index (χ3v) is 1.41. The average molecular weight is 116 g/mol. The summed E-state index contributed by atoms with van der Waals surface area (Å²) in [6.07, 6.45) is 0. The molecule has 0 spiro atoms. The molecule has 0 aromatic heterocycles. The number of nitrogens with zero attached hydrogens (tertiary/aromatic N) is 2. The van der Waals surface area contributed by atoms with Gasteiger partial charge in [0.05, 0.1) is 5.69 Å². The van der Waals surface area contributed by atoms with E-state index in [2.05, 4.69) is 16.2 Å². The van der Waals surface area contributed by atoms with E-state index in [1.807, 2.05) is 18.2 Å². The Morgan fingerprint density at radius 2 is 2.11 bits per heavy atom. The molecule has 3 heteroatoms. The maximum Gasteiger partial charge on any atom is 0.326 e. The lowest BCUT2D eigenvalue weighted by molar-refractivity contribution is 1.37. The molecule has 0 saturated heterocycles. The van der Waals surface area contributed by atoms with E-state index in [9.17, 15) is 0 Å². The number of benzene rings is 1. The average Bonchev–Trinajstić information content (AvgIpc) is 2.33. The fourth-order valence-electron chi connectivity index (χ4n) is 0.930. The molecule has 1 aromatic carbocycles. The van der Waals surface area contributed by atoms with Gasteiger partial charge in [-0.05, 0) is 11.5 Å². The van der Waals surface area contributed by atoms with Crippen LogP contribution in [-0.2, 0) is 0 Å². The van der Waals surface area contributed by atoms with Crippen LogP contribution in [0.5, 0.6) is 0 Å². The highest BCUT2D eigenvalue weighted by Crippen LogP contribution is 2.11. The Kier molecular flexibility index (Phi) is 0.888. The lowest BCUT2D eigenvalue weighted by atomic mass is 9.85. The van der Waals surface area contributed by atoms with Crippen LogP contribution < -0.4 is 5.46 Å². The molecule has 2 rings (SSSR count). The minimum atomic E-state index is 0.760. The first-order chi connectivity index (χ1) is 4.47.